The molecule has 0 aliphatic rings. The van der Waals surface area contributed by atoms with E-state index in [1.807, 2.05) is 20.8 Å². The van der Waals surface area contributed by atoms with E-state index in [9.17, 15) is 0 Å². The maximum absolute atomic E-state index is 3.90. The number of hydrogen-bond donors (Lipinski definition) is 1. The molecule has 0 amide bonds. The SMILES string of the molecule is C=C(C)N/C(=C/C(C)=C\C)C(=C)C. The maximum Gasteiger partial charge on any atom is 0.0407 e. The third kappa shape index (κ3) is 5.07. The summed E-state index contributed by atoms with van der Waals surface area (Å²) >= 11 is 0. The number of allylic oxidation sites excluding steroid dienone is 5. The van der Waals surface area contributed by atoms with Crippen molar-refractivity contribution in [2.24, 2.45) is 0 Å². The van der Waals surface area contributed by atoms with Gasteiger partial charge in [-0.25, -0.2) is 0 Å². The lowest BCUT2D eigenvalue weighted by molar-refractivity contribution is 0.981. The van der Waals surface area contributed by atoms with E-state index in [2.05, 4.69) is 37.6 Å². The zero-order valence-corrected chi connectivity index (χ0v) is 9.07. The van der Waals surface area contributed by atoms with E-state index in [4.69, 9.17) is 0 Å². The van der Waals surface area contributed by atoms with Crippen LogP contribution in [0, 0.1) is 0 Å². The largest absolute Gasteiger partial charge is 0.360 e. The Kier molecular flexibility index (Phi) is 4.90. The highest BCUT2D eigenvalue weighted by atomic mass is 14.9. The van der Waals surface area contributed by atoms with Gasteiger partial charge in [-0.2, -0.15) is 0 Å². The molecule has 0 fully saturated rings. The van der Waals surface area contributed by atoms with Crippen LogP contribution in [0.25, 0.3) is 0 Å². The molecule has 0 aliphatic heterocycles. The monoisotopic (exact) mass is 177 g/mol. The van der Waals surface area contributed by atoms with Crippen LogP contribution in [0.1, 0.15) is 27.7 Å². The highest BCUT2D eigenvalue weighted by molar-refractivity contribution is 5.34. The van der Waals surface area contributed by atoms with Crippen molar-refractivity contribution in [1.82, 2.24) is 5.32 Å². The first-order valence-electron chi connectivity index (χ1n) is 4.40. The highest BCUT2D eigenvalue weighted by Gasteiger charge is 1.96. The van der Waals surface area contributed by atoms with Gasteiger partial charge in [-0.1, -0.05) is 24.8 Å². The Morgan fingerprint density at radius 3 is 2.00 bits per heavy atom. The van der Waals surface area contributed by atoms with Gasteiger partial charge in [0.05, 0.1) is 0 Å². The molecule has 0 atom stereocenters. The Bertz CT molecular complexity index is 267. The topological polar surface area (TPSA) is 12.0 Å². The van der Waals surface area contributed by atoms with Gasteiger partial charge in [-0.15, -0.1) is 0 Å². The van der Waals surface area contributed by atoms with Crippen molar-refractivity contribution >= 4 is 0 Å². The van der Waals surface area contributed by atoms with E-state index in [0.717, 1.165) is 17.0 Å². The van der Waals surface area contributed by atoms with Crippen molar-refractivity contribution in [2.45, 2.75) is 27.7 Å². The molecule has 13 heavy (non-hydrogen) atoms. The molecular formula is C12H19N. The first kappa shape index (κ1) is 11.8. The highest BCUT2D eigenvalue weighted by Crippen LogP contribution is 2.08. The van der Waals surface area contributed by atoms with Crippen LogP contribution < -0.4 is 5.32 Å². The Morgan fingerprint density at radius 1 is 1.15 bits per heavy atom. The molecule has 72 valence electrons. The predicted octanol–water partition coefficient (Wildman–Crippen LogP) is 3.54. The smallest absolute Gasteiger partial charge is 0.0407 e. The van der Waals surface area contributed by atoms with Crippen LogP contribution >= 0.6 is 0 Å². The summed E-state index contributed by atoms with van der Waals surface area (Å²) in [6, 6.07) is 0. The van der Waals surface area contributed by atoms with Gasteiger partial charge in [0.15, 0.2) is 0 Å². The Morgan fingerprint density at radius 2 is 1.69 bits per heavy atom. The summed E-state index contributed by atoms with van der Waals surface area (Å²) in [6.45, 7) is 15.7. The average Bonchev–Trinajstić information content (AvgIpc) is 2.02. The molecule has 1 heteroatoms. The van der Waals surface area contributed by atoms with Crippen LogP contribution in [-0.4, -0.2) is 0 Å². The molecule has 0 aromatic heterocycles. The fraction of sp³-hybridized carbons (Fsp3) is 0.333. The number of rotatable bonds is 4. The maximum atomic E-state index is 3.90. The van der Waals surface area contributed by atoms with Crippen LogP contribution in [0.4, 0.5) is 0 Å². The summed E-state index contributed by atoms with van der Waals surface area (Å²) in [5.74, 6) is 0. The zero-order chi connectivity index (χ0) is 10.4. The molecule has 0 aromatic carbocycles. The van der Waals surface area contributed by atoms with Gasteiger partial charge < -0.3 is 5.32 Å². The van der Waals surface area contributed by atoms with E-state index >= 15 is 0 Å². The van der Waals surface area contributed by atoms with Crippen LogP contribution in [0.15, 0.2) is 47.9 Å². The third-order valence-corrected chi connectivity index (χ3v) is 1.64. The van der Waals surface area contributed by atoms with Gasteiger partial charge in [-0.05, 0) is 39.3 Å². The van der Waals surface area contributed by atoms with Crippen molar-refractivity contribution in [3.63, 3.8) is 0 Å². The summed E-state index contributed by atoms with van der Waals surface area (Å²) in [4.78, 5) is 0. The molecule has 0 spiro atoms. The van der Waals surface area contributed by atoms with E-state index in [-0.39, 0.29) is 0 Å². The van der Waals surface area contributed by atoms with Gasteiger partial charge in [0, 0.05) is 11.4 Å². The molecule has 0 rings (SSSR count). The van der Waals surface area contributed by atoms with Gasteiger partial charge >= 0.3 is 0 Å². The van der Waals surface area contributed by atoms with Crippen LogP contribution in [-0.2, 0) is 0 Å². The van der Waals surface area contributed by atoms with Crippen LogP contribution in [0.3, 0.4) is 0 Å². The Labute approximate surface area is 81.5 Å². The summed E-state index contributed by atoms with van der Waals surface area (Å²) in [5.41, 5.74) is 4.19. The molecule has 1 N–H and O–H groups in total. The standard InChI is InChI=1S/C12H19N/c1-7-11(6)8-12(9(2)3)13-10(4)5/h7-8,13H,2,4H2,1,3,5-6H3/b11-7-,12-8+. The summed E-state index contributed by atoms with van der Waals surface area (Å²) in [7, 11) is 0. The lowest BCUT2D eigenvalue weighted by Gasteiger charge is -2.10. The van der Waals surface area contributed by atoms with Gasteiger partial charge in [0.2, 0.25) is 0 Å². The third-order valence-electron chi connectivity index (χ3n) is 1.64. The molecule has 0 saturated heterocycles. The molecule has 0 aromatic rings. The van der Waals surface area contributed by atoms with Crippen molar-refractivity contribution < 1.29 is 0 Å². The number of nitrogens with one attached hydrogen (secondary N) is 1. The zero-order valence-electron chi connectivity index (χ0n) is 9.07. The second-order valence-electron chi connectivity index (χ2n) is 3.28. The molecule has 0 bridgehead atoms. The van der Waals surface area contributed by atoms with E-state index in [1.54, 1.807) is 0 Å². The van der Waals surface area contributed by atoms with Crippen molar-refractivity contribution in [3.8, 4) is 0 Å². The average molecular weight is 177 g/mol. The van der Waals surface area contributed by atoms with E-state index in [0.29, 0.717) is 0 Å². The van der Waals surface area contributed by atoms with Crippen molar-refractivity contribution in [3.05, 3.63) is 47.9 Å². The predicted molar refractivity (Wildman–Crippen MR) is 60.3 cm³/mol. The molecule has 0 heterocycles. The quantitative estimate of drug-likeness (QED) is 0.648. The van der Waals surface area contributed by atoms with Crippen LogP contribution in [0.2, 0.25) is 0 Å². The molecule has 0 aliphatic carbocycles. The molecule has 0 unspecified atom stereocenters. The summed E-state index contributed by atoms with van der Waals surface area (Å²) < 4.78 is 0. The second kappa shape index (κ2) is 5.41. The van der Waals surface area contributed by atoms with Gasteiger partial charge in [0.25, 0.3) is 0 Å². The Hall–Kier alpha value is -1.24. The van der Waals surface area contributed by atoms with Gasteiger partial charge in [-0.3, -0.25) is 0 Å². The lowest BCUT2D eigenvalue weighted by atomic mass is 10.1. The van der Waals surface area contributed by atoms with Crippen molar-refractivity contribution in [1.29, 1.82) is 0 Å². The molecule has 1 nitrogen and oxygen atoms in total. The van der Waals surface area contributed by atoms with E-state index in [1.165, 1.54) is 5.57 Å². The summed E-state index contributed by atoms with van der Waals surface area (Å²) in [6.07, 6.45) is 4.13. The minimum atomic E-state index is 0.929. The van der Waals surface area contributed by atoms with Crippen molar-refractivity contribution in [2.75, 3.05) is 0 Å². The fourth-order valence-corrected chi connectivity index (χ4v) is 0.807. The Balaban J connectivity index is 4.70. The molecule has 0 radical (unpaired) electrons. The minimum Gasteiger partial charge on any atom is -0.360 e. The molecule has 0 saturated carbocycles. The lowest BCUT2D eigenvalue weighted by Crippen LogP contribution is -2.10. The van der Waals surface area contributed by atoms with E-state index < -0.39 is 0 Å². The van der Waals surface area contributed by atoms with Gasteiger partial charge in [0.1, 0.15) is 0 Å². The second-order valence-corrected chi connectivity index (χ2v) is 3.28. The summed E-state index contributed by atoms with van der Waals surface area (Å²) in [5, 5.41) is 3.17. The number of hydrogen-bond acceptors (Lipinski definition) is 1. The van der Waals surface area contributed by atoms with Crippen LogP contribution in [0.5, 0.6) is 0 Å². The first-order valence-corrected chi connectivity index (χ1v) is 4.40. The first-order chi connectivity index (χ1) is 5.97. The minimum absolute atomic E-state index is 0.929. The normalized spacial score (nSPS) is 12.6. The molecular weight excluding hydrogens is 158 g/mol. The fourth-order valence-electron chi connectivity index (χ4n) is 0.807.